The van der Waals surface area contributed by atoms with Crippen LogP contribution in [0.25, 0.3) is 0 Å². The third-order valence-corrected chi connectivity index (χ3v) is 3.72. The molecule has 1 N–H and O–H groups in total. The van der Waals surface area contributed by atoms with Gasteiger partial charge in [0.1, 0.15) is 5.75 Å². The Morgan fingerprint density at radius 2 is 2.22 bits per heavy atom. The van der Waals surface area contributed by atoms with Crippen molar-refractivity contribution in [2.75, 3.05) is 33.3 Å². The van der Waals surface area contributed by atoms with Gasteiger partial charge in [-0.3, -0.25) is 4.79 Å². The summed E-state index contributed by atoms with van der Waals surface area (Å²) >= 11 is 3.43. The molecule has 0 atom stereocenters. The average molecular weight is 313 g/mol. The number of carbonyl (C=O) groups is 1. The smallest absolute Gasteiger partial charge is 0.255 e. The molecule has 1 aliphatic rings. The summed E-state index contributed by atoms with van der Waals surface area (Å²) in [5.74, 6) is 0.763. The summed E-state index contributed by atoms with van der Waals surface area (Å²) in [7, 11) is 1.60. The Balaban J connectivity index is 2.21. The van der Waals surface area contributed by atoms with E-state index in [0.29, 0.717) is 11.3 Å². The zero-order chi connectivity index (χ0) is 13.0. The van der Waals surface area contributed by atoms with Crippen LogP contribution >= 0.6 is 15.9 Å². The van der Waals surface area contributed by atoms with Crippen molar-refractivity contribution in [3.63, 3.8) is 0 Å². The van der Waals surface area contributed by atoms with Crippen LogP contribution in [0.5, 0.6) is 5.75 Å². The minimum absolute atomic E-state index is 0.0597. The quantitative estimate of drug-likeness (QED) is 0.907. The second kappa shape index (κ2) is 6.20. The molecule has 1 aliphatic heterocycles. The molecule has 0 radical (unpaired) electrons. The summed E-state index contributed by atoms with van der Waals surface area (Å²) in [6.45, 7) is 3.38. The highest BCUT2D eigenvalue weighted by molar-refractivity contribution is 9.10. The largest absolute Gasteiger partial charge is 0.497 e. The number of hydrogen-bond donors (Lipinski definition) is 1. The van der Waals surface area contributed by atoms with Crippen LogP contribution in [0.2, 0.25) is 0 Å². The summed E-state index contributed by atoms with van der Waals surface area (Å²) in [6, 6.07) is 5.47. The maximum atomic E-state index is 12.5. The first kappa shape index (κ1) is 13.4. The van der Waals surface area contributed by atoms with Gasteiger partial charge in [-0.05, 0) is 47.1 Å². The number of halogens is 1. The zero-order valence-electron chi connectivity index (χ0n) is 10.4. The van der Waals surface area contributed by atoms with Gasteiger partial charge in [0.05, 0.1) is 12.7 Å². The molecule has 0 spiro atoms. The van der Waals surface area contributed by atoms with Gasteiger partial charge < -0.3 is 15.0 Å². The van der Waals surface area contributed by atoms with Crippen molar-refractivity contribution in [2.24, 2.45) is 0 Å². The molecule has 2 rings (SSSR count). The maximum absolute atomic E-state index is 12.5. The molecular weight excluding hydrogens is 296 g/mol. The fraction of sp³-hybridized carbons (Fsp3) is 0.462. The van der Waals surface area contributed by atoms with E-state index in [1.165, 1.54) is 0 Å². The third-order valence-electron chi connectivity index (χ3n) is 3.03. The van der Waals surface area contributed by atoms with Gasteiger partial charge in [-0.2, -0.15) is 0 Å². The third kappa shape index (κ3) is 3.03. The van der Waals surface area contributed by atoms with Crippen LogP contribution in [0.1, 0.15) is 16.8 Å². The van der Waals surface area contributed by atoms with Crippen molar-refractivity contribution in [3.8, 4) is 5.75 Å². The van der Waals surface area contributed by atoms with Gasteiger partial charge in [0.2, 0.25) is 0 Å². The molecule has 98 valence electrons. The monoisotopic (exact) mass is 312 g/mol. The first-order chi connectivity index (χ1) is 8.72. The van der Waals surface area contributed by atoms with Crippen LogP contribution < -0.4 is 10.1 Å². The predicted octanol–water partition coefficient (Wildman–Crippen LogP) is 1.89. The van der Waals surface area contributed by atoms with Crippen molar-refractivity contribution < 1.29 is 9.53 Å². The van der Waals surface area contributed by atoms with Gasteiger partial charge >= 0.3 is 0 Å². The number of hydrogen-bond acceptors (Lipinski definition) is 3. The standard InChI is InChI=1S/C13H17BrN2O2/c1-18-10-3-4-12(14)11(9-10)13(17)16-7-2-5-15-6-8-16/h3-4,9,15H,2,5-8H2,1H3. The molecule has 18 heavy (non-hydrogen) atoms. The van der Waals surface area contributed by atoms with Crippen molar-refractivity contribution in [1.82, 2.24) is 10.2 Å². The van der Waals surface area contributed by atoms with Crippen molar-refractivity contribution in [2.45, 2.75) is 6.42 Å². The minimum Gasteiger partial charge on any atom is -0.497 e. The van der Waals surface area contributed by atoms with Gasteiger partial charge in [-0.1, -0.05) is 0 Å². The van der Waals surface area contributed by atoms with E-state index in [-0.39, 0.29) is 5.91 Å². The number of carbonyl (C=O) groups excluding carboxylic acids is 1. The lowest BCUT2D eigenvalue weighted by Crippen LogP contribution is -2.34. The van der Waals surface area contributed by atoms with Crippen molar-refractivity contribution in [1.29, 1.82) is 0 Å². The van der Waals surface area contributed by atoms with E-state index in [9.17, 15) is 4.79 Å². The Hall–Kier alpha value is -1.07. The number of ether oxygens (including phenoxy) is 1. The van der Waals surface area contributed by atoms with Crippen LogP contribution in [-0.4, -0.2) is 44.1 Å². The van der Waals surface area contributed by atoms with Gasteiger partial charge in [-0.15, -0.1) is 0 Å². The summed E-state index contributed by atoms with van der Waals surface area (Å²) in [5.41, 5.74) is 0.663. The van der Waals surface area contributed by atoms with Crippen LogP contribution in [0.15, 0.2) is 22.7 Å². The maximum Gasteiger partial charge on any atom is 0.255 e. The van der Waals surface area contributed by atoms with Gasteiger partial charge in [0.25, 0.3) is 5.91 Å². The zero-order valence-corrected chi connectivity index (χ0v) is 12.0. The van der Waals surface area contributed by atoms with Crippen LogP contribution in [0.3, 0.4) is 0 Å². The number of nitrogens with one attached hydrogen (secondary N) is 1. The van der Waals surface area contributed by atoms with E-state index < -0.39 is 0 Å². The fourth-order valence-electron chi connectivity index (χ4n) is 2.01. The Labute approximate surface area is 115 Å². The SMILES string of the molecule is COc1ccc(Br)c(C(=O)N2CCCNCC2)c1. The molecule has 1 fully saturated rings. The summed E-state index contributed by atoms with van der Waals surface area (Å²) in [6.07, 6.45) is 0.993. The lowest BCUT2D eigenvalue weighted by molar-refractivity contribution is 0.0765. The highest BCUT2D eigenvalue weighted by atomic mass is 79.9. The molecule has 0 unspecified atom stereocenters. The molecule has 1 heterocycles. The van der Waals surface area contributed by atoms with E-state index in [2.05, 4.69) is 21.2 Å². The van der Waals surface area contributed by atoms with Gasteiger partial charge in [0.15, 0.2) is 0 Å². The molecule has 1 aromatic rings. The molecular formula is C13H17BrN2O2. The second-order valence-corrected chi connectivity index (χ2v) is 5.10. The van der Waals surface area contributed by atoms with E-state index in [0.717, 1.165) is 37.1 Å². The molecule has 1 amide bonds. The van der Waals surface area contributed by atoms with Crippen LogP contribution in [0, 0.1) is 0 Å². The van der Waals surface area contributed by atoms with Crippen LogP contribution in [0.4, 0.5) is 0 Å². The Kier molecular flexibility index (Phi) is 4.60. The average Bonchev–Trinajstić information content (AvgIpc) is 2.67. The van der Waals surface area contributed by atoms with E-state index in [1.807, 2.05) is 17.0 Å². The molecule has 5 heteroatoms. The highest BCUT2D eigenvalue weighted by Crippen LogP contribution is 2.24. The van der Waals surface area contributed by atoms with Crippen LogP contribution in [-0.2, 0) is 0 Å². The molecule has 0 bridgehead atoms. The highest BCUT2D eigenvalue weighted by Gasteiger charge is 2.19. The first-order valence-electron chi connectivity index (χ1n) is 6.06. The lowest BCUT2D eigenvalue weighted by atomic mass is 10.2. The summed E-state index contributed by atoms with van der Waals surface area (Å²) < 4.78 is 5.98. The summed E-state index contributed by atoms with van der Waals surface area (Å²) in [4.78, 5) is 14.3. The minimum atomic E-state index is 0.0597. The summed E-state index contributed by atoms with van der Waals surface area (Å²) in [5, 5.41) is 3.29. The second-order valence-electron chi connectivity index (χ2n) is 4.24. The molecule has 1 aromatic carbocycles. The number of amides is 1. The van der Waals surface area contributed by atoms with E-state index in [1.54, 1.807) is 13.2 Å². The number of rotatable bonds is 2. The predicted molar refractivity (Wildman–Crippen MR) is 74.1 cm³/mol. The van der Waals surface area contributed by atoms with Crippen molar-refractivity contribution >= 4 is 21.8 Å². The van der Waals surface area contributed by atoms with E-state index in [4.69, 9.17) is 4.74 Å². The number of benzene rings is 1. The first-order valence-corrected chi connectivity index (χ1v) is 6.85. The Morgan fingerprint density at radius 3 is 3.00 bits per heavy atom. The Bertz CT molecular complexity index is 429. The van der Waals surface area contributed by atoms with E-state index >= 15 is 0 Å². The van der Waals surface area contributed by atoms with Crippen molar-refractivity contribution in [3.05, 3.63) is 28.2 Å². The normalized spacial score (nSPS) is 16.2. The topological polar surface area (TPSA) is 41.6 Å². The Morgan fingerprint density at radius 1 is 1.39 bits per heavy atom. The van der Waals surface area contributed by atoms with Gasteiger partial charge in [-0.25, -0.2) is 0 Å². The number of methoxy groups -OCH3 is 1. The van der Waals surface area contributed by atoms with Gasteiger partial charge in [0, 0.05) is 24.1 Å². The number of nitrogens with zero attached hydrogens (tertiary/aromatic N) is 1. The molecule has 0 aliphatic carbocycles. The molecule has 4 nitrogen and oxygen atoms in total. The molecule has 1 saturated heterocycles. The molecule has 0 aromatic heterocycles. The fourth-order valence-corrected chi connectivity index (χ4v) is 2.43. The molecule has 0 saturated carbocycles. The lowest BCUT2D eigenvalue weighted by Gasteiger charge is -2.20.